The summed E-state index contributed by atoms with van der Waals surface area (Å²) in [4.78, 5) is 12.5. The first-order valence-electron chi connectivity index (χ1n) is 4.65. The smallest absolute Gasteiger partial charge is 0.253 e. The Bertz CT molecular complexity index is 223. The number of likely N-dealkylation sites (N-methyl/N-ethyl adjacent to an activating group) is 1. The van der Waals surface area contributed by atoms with Crippen molar-refractivity contribution in [3.63, 3.8) is 0 Å². The topological polar surface area (TPSA) is 60.8 Å². The van der Waals surface area contributed by atoms with Gasteiger partial charge >= 0.3 is 0 Å². The molecule has 1 amide bonds. The van der Waals surface area contributed by atoms with Gasteiger partial charge in [-0.05, 0) is 18.9 Å². The molecule has 82 valence electrons. The number of aliphatic hydroxyl groups excluding tert-OH is 2. The Morgan fingerprint density at radius 2 is 1.86 bits per heavy atom. The van der Waals surface area contributed by atoms with E-state index in [0.29, 0.717) is 5.57 Å². The molecule has 0 heterocycles. The van der Waals surface area contributed by atoms with Crippen LogP contribution in [-0.2, 0) is 4.79 Å². The minimum Gasteiger partial charge on any atom is -0.385 e. The molecule has 0 radical (unpaired) electrons. The predicted molar refractivity (Wildman–Crippen MR) is 54.8 cm³/mol. The van der Waals surface area contributed by atoms with Crippen LogP contribution >= 0.6 is 0 Å². The molecule has 0 aromatic heterocycles. The zero-order valence-electron chi connectivity index (χ0n) is 9.19. The van der Waals surface area contributed by atoms with Crippen LogP contribution in [0.1, 0.15) is 20.3 Å². The monoisotopic (exact) mass is 201 g/mol. The number of nitrogens with zero attached hydrogens (tertiary/aromatic N) is 1. The maximum absolute atomic E-state index is 11.3. The van der Waals surface area contributed by atoms with Gasteiger partial charge in [-0.2, -0.15) is 0 Å². The molecule has 4 nitrogen and oxygen atoms in total. The first-order valence-corrected chi connectivity index (χ1v) is 4.65. The second kappa shape index (κ2) is 5.78. The summed E-state index contributed by atoms with van der Waals surface area (Å²) in [6.07, 6.45) is 0.0837. The van der Waals surface area contributed by atoms with Crippen molar-refractivity contribution < 1.29 is 15.0 Å². The molecule has 0 bridgehead atoms. The van der Waals surface area contributed by atoms with E-state index in [9.17, 15) is 15.0 Å². The normalized spacial score (nSPS) is 16.3. The number of hydrogen-bond donors (Lipinski definition) is 2. The van der Waals surface area contributed by atoms with Gasteiger partial charge in [0.2, 0.25) is 0 Å². The van der Waals surface area contributed by atoms with Crippen LogP contribution in [-0.4, -0.2) is 47.3 Å². The zero-order chi connectivity index (χ0) is 11.3. The highest BCUT2D eigenvalue weighted by atomic mass is 16.3. The summed E-state index contributed by atoms with van der Waals surface area (Å²) in [6.45, 7) is 3.62. The maximum Gasteiger partial charge on any atom is 0.253 e. The number of rotatable bonds is 4. The Labute approximate surface area is 84.8 Å². The molecular formula is C10H19NO3. The molecule has 0 saturated carbocycles. The first kappa shape index (κ1) is 13.1. The van der Waals surface area contributed by atoms with E-state index in [-0.39, 0.29) is 0 Å². The number of allylic oxidation sites excluding steroid dienone is 1. The van der Waals surface area contributed by atoms with Crippen molar-refractivity contribution in [2.45, 2.75) is 32.5 Å². The standard InChI is InChI=1S/C10H19NO3/c1-5-6-7(2)8(12)9(13)10(14)11(3)4/h6,8-9,12-13H,5H2,1-4H3/b7-6+. The van der Waals surface area contributed by atoms with E-state index < -0.39 is 18.1 Å². The Kier molecular flexibility index (Phi) is 5.42. The highest BCUT2D eigenvalue weighted by molar-refractivity contribution is 5.81. The number of hydrogen-bond acceptors (Lipinski definition) is 3. The average molecular weight is 201 g/mol. The van der Waals surface area contributed by atoms with Gasteiger partial charge in [-0.1, -0.05) is 13.0 Å². The van der Waals surface area contributed by atoms with E-state index >= 15 is 0 Å². The maximum atomic E-state index is 11.3. The summed E-state index contributed by atoms with van der Waals surface area (Å²) in [7, 11) is 3.08. The number of amides is 1. The fourth-order valence-electron chi connectivity index (χ4n) is 1.09. The van der Waals surface area contributed by atoms with Crippen LogP contribution in [0.15, 0.2) is 11.6 Å². The lowest BCUT2D eigenvalue weighted by molar-refractivity contribution is -0.142. The average Bonchev–Trinajstić information content (AvgIpc) is 2.14. The fourth-order valence-corrected chi connectivity index (χ4v) is 1.09. The summed E-state index contributed by atoms with van der Waals surface area (Å²) in [6, 6.07) is 0. The summed E-state index contributed by atoms with van der Waals surface area (Å²) in [5, 5.41) is 19.0. The summed E-state index contributed by atoms with van der Waals surface area (Å²) >= 11 is 0. The molecule has 0 aliphatic carbocycles. The van der Waals surface area contributed by atoms with Crippen LogP contribution in [0.25, 0.3) is 0 Å². The van der Waals surface area contributed by atoms with Crippen molar-refractivity contribution in [1.82, 2.24) is 4.90 Å². The van der Waals surface area contributed by atoms with Gasteiger partial charge in [-0.15, -0.1) is 0 Å². The lowest BCUT2D eigenvalue weighted by Crippen LogP contribution is -2.42. The zero-order valence-corrected chi connectivity index (χ0v) is 9.19. The largest absolute Gasteiger partial charge is 0.385 e. The Morgan fingerprint density at radius 3 is 2.21 bits per heavy atom. The highest BCUT2D eigenvalue weighted by Crippen LogP contribution is 2.08. The van der Waals surface area contributed by atoms with Gasteiger partial charge in [0, 0.05) is 14.1 Å². The van der Waals surface area contributed by atoms with E-state index in [4.69, 9.17) is 0 Å². The molecule has 0 spiro atoms. The summed E-state index contributed by atoms with van der Waals surface area (Å²) in [5.41, 5.74) is 0.621. The molecule has 0 saturated heterocycles. The SMILES string of the molecule is CC/C=C(\C)C(O)C(O)C(=O)N(C)C. The molecule has 2 N–H and O–H groups in total. The van der Waals surface area contributed by atoms with Gasteiger partial charge < -0.3 is 15.1 Å². The molecule has 2 atom stereocenters. The van der Waals surface area contributed by atoms with Gasteiger partial charge in [0.1, 0.15) is 6.10 Å². The second-order valence-electron chi connectivity index (χ2n) is 3.48. The van der Waals surface area contributed by atoms with Gasteiger partial charge in [0.15, 0.2) is 6.10 Å². The van der Waals surface area contributed by atoms with E-state index in [2.05, 4.69) is 0 Å². The van der Waals surface area contributed by atoms with Crippen LogP contribution < -0.4 is 0 Å². The molecule has 0 aliphatic heterocycles. The van der Waals surface area contributed by atoms with Gasteiger partial charge in [-0.25, -0.2) is 0 Å². The van der Waals surface area contributed by atoms with Gasteiger partial charge in [0.05, 0.1) is 0 Å². The highest BCUT2D eigenvalue weighted by Gasteiger charge is 2.26. The van der Waals surface area contributed by atoms with Crippen molar-refractivity contribution in [3.8, 4) is 0 Å². The molecular weight excluding hydrogens is 182 g/mol. The Morgan fingerprint density at radius 1 is 1.36 bits per heavy atom. The van der Waals surface area contributed by atoms with Crippen LogP contribution in [0.5, 0.6) is 0 Å². The van der Waals surface area contributed by atoms with Gasteiger partial charge in [-0.3, -0.25) is 4.79 Å². The fraction of sp³-hybridized carbons (Fsp3) is 0.700. The molecule has 0 fully saturated rings. The van der Waals surface area contributed by atoms with E-state index in [1.165, 1.54) is 19.0 Å². The number of aliphatic hydroxyl groups is 2. The lowest BCUT2D eigenvalue weighted by atomic mass is 10.0. The minimum atomic E-state index is -1.37. The molecule has 0 aromatic carbocycles. The van der Waals surface area contributed by atoms with Crippen molar-refractivity contribution >= 4 is 5.91 Å². The molecule has 0 aromatic rings. The Hall–Kier alpha value is -0.870. The van der Waals surface area contributed by atoms with Crippen LogP contribution in [0, 0.1) is 0 Å². The van der Waals surface area contributed by atoms with Crippen molar-refractivity contribution in [3.05, 3.63) is 11.6 Å². The van der Waals surface area contributed by atoms with Crippen LogP contribution in [0.2, 0.25) is 0 Å². The summed E-state index contributed by atoms with van der Waals surface area (Å²) in [5.74, 6) is -0.485. The molecule has 0 rings (SSSR count). The van der Waals surface area contributed by atoms with Crippen molar-refractivity contribution in [1.29, 1.82) is 0 Å². The predicted octanol–water partition coefficient (Wildman–Crippen LogP) is 0.153. The third kappa shape index (κ3) is 3.47. The number of carbonyl (C=O) groups excluding carboxylic acids is 1. The minimum absolute atomic E-state index is 0.485. The molecule has 14 heavy (non-hydrogen) atoms. The molecule has 2 unspecified atom stereocenters. The van der Waals surface area contributed by atoms with Gasteiger partial charge in [0.25, 0.3) is 5.91 Å². The summed E-state index contributed by atoms with van der Waals surface area (Å²) < 4.78 is 0. The third-order valence-electron chi connectivity index (χ3n) is 1.99. The van der Waals surface area contributed by atoms with Crippen molar-refractivity contribution in [2.24, 2.45) is 0 Å². The van der Waals surface area contributed by atoms with Crippen LogP contribution in [0.3, 0.4) is 0 Å². The van der Waals surface area contributed by atoms with Crippen LogP contribution in [0.4, 0.5) is 0 Å². The molecule has 0 aliphatic rings. The molecule has 4 heteroatoms. The van der Waals surface area contributed by atoms with E-state index in [1.807, 2.05) is 6.92 Å². The second-order valence-corrected chi connectivity index (χ2v) is 3.48. The quantitative estimate of drug-likeness (QED) is 0.637. The van der Waals surface area contributed by atoms with E-state index in [0.717, 1.165) is 6.42 Å². The Balaban J connectivity index is 4.46. The number of carbonyl (C=O) groups is 1. The lowest BCUT2D eigenvalue weighted by Gasteiger charge is -2.21. The first-order chi connectivity index (χ1) is 6.41. The van der Waals surface area contributed by atoms with E-state index in [1.54, 1.807) is 13.0 Å². The third-order valence-corrected chi connectivity index (χ3v) is 1.99. The van der Waals surface area contributed by atoms with Crippen molar-refractivity contribution in [2.75, 3.05) is 14.1 Å².